The number of hydrogen-bond donors (Lipinski definition) is 2. The lowest BCUT2D eigenvalue weighted by atomic mass is 10.2. The zero-order chi connectivity index (χ0) is 14.3. The number of nitrogens with zero attached hydrogens (tertiary/aromatic N) is 2. The molecule has 0 aliphatic heterocycles. The molecule has 1 rings (SSSR count). The van der Waals surface area contributed by atoms with E-state index in [0.29, 0.717) is 13.1 Å². The van der Waals surface area contributed by atoms with Crippen LogP contribution in [0.5, 0.6) is 0 Å². The fourth-order valence-corrected chi connectivity index (χ4v) is 2.25. The molecule has 106 valence electrons. The Morgan fingerprint density at radius 3 is 2.84 bits per heavy atom. The van der Waals surface area contributed by atoms with Crippen molar-refractivity contribution >= 4 is 23.3 Å². The number of carbonyl (C=O) groups is 2. The molecule has 0 saturated carbocycles. The van der Waals surface area contributed by atoms with Gasteiger partial charge in [0.2, 0.25) is 0 Å². The number of carboxylic acids is 1. The zero-order valence-corrected chi connectivity index (χ0v) is 11.9. The van der Waals surface area contributed by atoms with Crippen LogP contribution < -0.4 is 5.32 Å². The summed E-state index contributed by atoms with van der Waals surface area (Å²) in [6, 6.07) is -0.229. The van der Waals surface area contributed by atoms with Crippen LogP contribution in [0.4, 0.5) is 4.79 Å². The third-order valence-corrected chi connectivity index (χ3v) is 3.70. The molecule has 2 amide bonds. The number of thiazole rings is 1. The number of urea groups is 1. The number of carbonyl (C=O) groups excluding carboxylic acids is 1. The zero-order valence-electron chi connectivity index (χ0n) is 11.1. The molecule has 1 atom stereocenters. The fourth-order valence-electron chi connectivity index (χ4n) is 1.55. The van der Waals surface area contributed by atoms with Gasteiger partial charge in [0.1, 0.15) is 0 Å². The van der Waals surface area contributed by atoms with Crippen LogP contribution in [0.3, 0.4) is 0 Å². The molecule has 0 fully saturated rings. The van der Waals surface area contributed by atoms with Gasteiger partial charge in [-0.3, -0.25) is 4.79 Å². The first-order valence-corrected chi connectivity index (χ1v) is 7.06. The highest BCUT2D eigenvalue weighted by Gasteiger charge is 2.15. The molecule has 19 heavy (non-hydrogen) atoms. The summed E-state index contributed by atoms with van der Waals surface area (Å²) in [5.41, 5.74) is 0. The van der Waals surface area contributed by atoms with Crippen molar-refractivity contribution < 1.29 is 14.7 Å². The Morgan fingerprint density at radius 1 is 1.58 bits per heavy atom. The minimum atomic E-state index is -0.901. The van der Waals surface area contributed by atoms with Crippen molar-refractivity contribution in [3.63, 3.8) is 0 Å². The molecule has 0 spiro atoms. The van der Waals surface area contributed by atoms with Crippen LogP contribution in [0.1, 0.15) is 31.2 Å². The fraction of sp³-hybridized carbons (Fsp3) is 0.583. The normalized spacial score (nSPS) is 11.9. The third-order valence-electron chi connectivity index (χ3n) is 2.70. The Kier molecular flexibility index (Phi) is 6.27. The highest BCUT2D eigenvalue weighted by atomic mass is 32.1. The van der Waals surface area contributed by atoms with E-state index in [2.05, 4.69) is 10.3 Å². The largest absolute Gasteiger partial charge is 0.481 e. The van der Waals surface area contributed by atoms with Gasteiger partial charge in [-0.15, -0.1) is 11.3 Å². The van der Waals surface area contributed by atoms with Gasteiger partial charge in [-0.2, -0.15) is 0 Å². The summed E-state index contributed by atoms with van der Waals surface area (Å²) in [7, 11) is 0. The predicted molar refractivity (Wildman–Crippen MR) is 73.4 cm³/mol. The Morgan fingerprint density at radius 2 is 2.32 bits per heavy atom. The van der Waals surface area contributed by atoms with Crippen molar-refractivity contribution in [2.24, 2.45) is 0 Å². The SMILES string of the molecule is CCN(CCC(=O)O)C(=O)NCC(C)c1nccs1. The topological polar surface area (TPSA) is 82.5 Å². The first-order valence-electron chi connectivity index (χ1n) is 6.18. The average molecular weight is 285 g/mol. The molecule has 0 saturated heterocycles. The third kappa shape index (κ3) is 5.25. The highest BCUT2D eigenvalue weighted by molar-refractivity contribution is 7.09. The smallest absolute Gasteiger partial charge is 0.317 e. The van der Waals surface area contributed by atoms with Crippen molar-refractivity contribution in [2.45, 2.75) is 26.2 Å². The Hall–Kier alpha value is -1.63. The predicted octanol–water partition coefficient (Wildman–Crippen LogP) is 1.75. The molecular formula is C12H19N3O3S. The number of carboxylic acid groups (broad SMARTS) is 1. The molecule has 2 N–H and O–H groups in total. The van der Waals surface area contributed by atoms with Crippen LogP contribution in [0.2, 0.25) is 0 Å². The van der Waals surface area contributed by atoms with Gasteiger partial charge in [0.05, 0.1) is 11.4 Å². The minimum absolute atomic E-state index is 0.0384. The Balaban J connectivity index is 2.38. The highest BCUT2D eigenvalue weighted by Crippen LogP contribution is 2.16. The van der Waals surface area contributed by atoms with E-state index in [1.54, 1.807) is 17.5 Å². The summed E-state index contributed by atoms with van der Waals surface area (Å²) in [6.07, 6.45) is 1.70. The number of aromatic nitrogens is 1. The van der Waals surface area contributed by atoms with E-state index >= 15 is 0 Å². The molecule has 0 bridgehead atoms. The lowest BCUT2D eigenvalue weighted by Gasteiger charge is -2.21. The maximum atomic E-state index is 11.9. The van der Waals surface area contributed by atoms with Crippen LogP contribution in [0.25, 0.3) is 0 Å². The van der Waals surface area contributed by atoms with E-state index in [9.17, 15) is 9.59 Å². The van der Waals surface area contributed by atoms with Gasteiger partial charge in [0.25, 0.3) is 0 Å². The maximum Gasteiger partial charge on any atom is 0.317 e. The van der Waals surface area contributed by atoms with Crippen LogP contribution in [-0.2, 0) is 4.79 Å². The molecule has 1 heterocycles. The molecular weight excluding hydrogens is 266 g/mol. The van der Waals surface area contributed by atoms with Crippen molar-refractivity contribution in [3.8, 4) is 0 Å². The van der Waals surface area contributed by atoms with Crippen molar-refractivity contribution in [3.05, 3.63) is 16.6 Å². The van der Waals surface area contributed by atoms with E-state index in [4.69, 9.17) is 5.11 Å². The summed E-state index contributed by atoms with van der Waals surface area (Å²) in [4.78, 5) is 28.0. The molecule has 6 nitrogen and oxygen atoms in total. The molecule has 0 aliphatic rings. The second kappa shape index (κ2) is 7.73. The van der Waals surface area contributed by atoms with E-state index in [1.165, 1.54) is 4.90 Å². The number of nitrogens with one attached hydrogen (secondary N) is 1. The summed E-state index contributed by atoms with van der Waals surface area (Å²) >= 11 is 1.56. The van der Waals surface area contributed by atoms with Crippen LogP contribution in [-0.4, -0.2) is 46.6 Å². The molecule has 0 aliphatic carbocycles. The minimum Gasteiger partial charge on any atom is -0.481 e. The molecule has 1 aromatic heterocycles. The van der Waals surface area contributed by atoms with Gasteiger partial charge in [-0.1, -0.05) is 6.92 Å². The number of rotatable bonds is 7. The van der Waals surface area contributed by atoms with Crippen LogP contribution >= 0.6 is 11.3 Å². The standard InChI is InChI=1S/C12H19N3O3S/c1-3-15(6-4-10(16)17)12(18)14-8-9(2)11-13-5-7-19-11/h5,7,9H,3-4,6,8H2,1-2H3,(H,14,18)(H,16,17). The molecule has 0 aromatic carbocycles. The Bertz CT molecular complexity index is 408. The van der Waals surface area contributed by atoms with E-state index < -0.39 is 5.97 Å². The average Bonchev–Trinajstić information content (AvgIpc) is 2.90. The van der Waals surface area contributed by atoms with Crippen molar-refractivity contribution in [1.82, 2.24) is 15.2 Å². The van der Waals surface area contributed by atoms with Crippen molar-refractivity contribution in [1.29, 1.82) is 0 Å². The van der Waals surface area contributed by atoms with E-state index in [-0.39, 0.29) is 24.9 Å². The van der Waals surface area contributed by atoms with Gasteiger partial charge >= 0.3 is 12.0 Å². The summed E-state index contributed by atoms with van der Waals surface area (Å²) in [5.74, 6) is -0.746. The maximum absolute atomic E-state index is 11.9. The monoisotopic (exact) mass is 285 g/mol. The van der Waals surface area contributed by atoms with Crippen LogP contribution in [0, 0.1) is 0 Å². The van der Waals surface area contributed by atoms with E-state index in [0.717, 1.165) is 5.01 Å². The number of amides is 2. The lowest BCUT2D eigenvalue weighted by molar-refractivity contribution is -0.137. The van der Waals surface area contributed by atoms with Gasteiger partial charge in [0.15, 0.2) is 0 Å². The van der Waals surface area contributed by atoms with Crippen LogP contribution in [0.15, 0.2) is 11.6 Å². The second-order valence-corrected chi connectivity index (χ2v) is 5.11. The van der Waals surface area contributed by atoms with E-state index in [1.807, 2.05) is 19.2 Å². The molecule has 1 unspecified atom stereocenters. The Labute approximate surface area is 116 Å². The number of aliphatic carboxylic acids is 1. The second-order valence-electron chi connectivity index (χ2n) is 4.18. The van der Waals surface area contributed by atoms with Crippen molar-refractivity contribution in [2.75, 3.05) is 19.6 Å². The molecule has 7 heteroatoms. The van der Waals surface area contributed by atoms with Gasteiger partial charge < -0.3 is 15.3 Å². The van der Waals surface area contributed by atoms with Gasteiger partial charge in [-0.05, 0) is 6.92 Å². The summed E-state index contributed by atoms with van der Waals surface area (Å²) < 4.78 is 0. The summed E-state index contributed by atoms with van der Waals surface area (Å²) in [5, 5.41) is 14.3. The molecule has 1 aromatic rings. The van der Waals surface area contributed by atoms with Gasteiger partial charge in [0, 0.05) is 37.1 Å². The summed E-state index contributed by atoms with van der Waals surface area (Å²) in [6.45, 7) is 5.03. The van der Waals surface area contributed by atoms with Gasteiger partial charge in [-0.25, -0.2) is 9.78 Å². The first-order chi connectivity index (χ1) is 9.04. The molecule has 0 radical (unpaired) electrons. The number of hydrogen-bond acceptors (Lipinski definition) is 4. The quantitative estimate of drug-likeness (QED) is 0.799. The first kappa shape index (κ1) is 15.4. The lowest BCUT2D eigenvalue weighted by Crippen LogP contribution is -2.42.